The Hall–Kier alpha value is -2.58. The smallest absolute Gasteiger partial charge is 0.184 e. The van der Waals surface area contributed by atoms with E-state index in [1.54, 1.807) is 0 Å². The van der Waals surface area contributed by atoms with Crippen LogP contribution in [-0.4, -0.2) is 57.7 Å². The maximum Gasteiger partial charge on any atom is 0.184 e. The molecule has 4 N–H and O–H groups in total. The van der Waals surface area contributed by atoms with E-state index in [0.717, 1.165) is 16.7 Å². The summed E-state index contributed by atoms with van der Waals surface area (Å²) in [5, 5.41) is 40.2. The summed E-state index contributed by atoms with van der Waals surface area (Å²) in [6, 6.07) is 29.1. The summed E-state index contributed by atoms with van der Waals surface area (Å²) in [7, 11) is 0. The number of rotatable bonds is 6. The first kappa shape index (κ1) is 21.6. The molecule has 0 spiro atoms. The van der Waals surface area contributed by atoms with Crippen molar-refractivity contribution in [2.24, 2.45) is 0 Å². The monoisotopic (exact) mass is 422 g/mol. The highest BCUT2D eigenvalue weighted by Crippen LogP contribution is 2.41. The van der Waals surface area contributed by atoms with E-state index in [1.165, 1.54) is 0 Å². The van der Waals surface area contributed by atoms with Crippen molar-refractivity contribution in [3.8, 4) is 0 Å². The first-order chi connectivity index (χ1) is 15.0. The predicted molar refractivity (Wildman–Crippen MR) is 114 cm³/mol. The van der Waals surface area contributed by atoms with Gasteiger partial charge in [0.1, 0.15) is 30.0 Å². The molecule has 31 heavy (non-hydrogen) atoms. The van der Waals surface area contributed by atoms with E-state index in [9.17, 15) is 20.4 Å². The Morgan fingerprint density at radius 3 is 1.45 bits per heavy atom. The van der Waals surface area contributed by atoms with E-state index in [0.29, 0.717) is 0 Å². The molecule has 0 radical (unpaired) electrons. The van der Waals surface area contributed by atoms with E-state index < -0.39 is 36.3 Å². The third kappa shape index (κ3) is 4.14. The van der Waals surface area contributed by atoms with Crippen LogP contribution in [0, 0.1) is 0 Å². The molecule has 1 heterocycles. The molecule has 0 amide bonds. The van der Waals surface area contributed by atoms with Crippen LogP contribution in [0.2, 0.25) is 0 Å². The van der Waals surface area contributed by atoms with Crippen molar-refractivity contribution in [2.45, 2.75) is 36.3 Å². The molecule has 1 aliphatic heterocycles. The lowest BCUT2D eigenvalue weighted by molar-refractivity contribution is -0.291. The Balaban J connectivity index is 1.78. The number of hydrogen-bond acceptors (Lipinski definition) is 6. The lowest BCUT2D eigenvalue weighted by Crippen LogP contribution is -2.59. The topological polar surface area (TPSA) is 99.4 Å². The Kier molecular flexibility index (Phi) is 6.48. The Morgan fingerprint density at radius 2 is 1.03 bits per heavy atom. The largest absolute Gasteiger partial charge is 0.387 e. The van der Waals surface area contributed by atoms with Gasteiger partial charge in [0.25, 0.3) is 0 Å². The second kappa shape index (κ2) is 9.28. The predicted octanol–water partition coefficient (Wildman–Crippen LogP) is 1.79. The molecule has 1 saturated heterocycles. The summed E-state index contributed by atoms with van der Waals surface area (Å²) in [5.74, 6) is 0. The van der Waals surface area contributed by atoms with Gasteiger partial charge in [0.2, 0.25) is 0 Å². The highest BCUT2D eigenvalue weighted by atomic mass is 16.6. The van der Waals surface area contributed by atoms with Crippen molar-refractivity contribution in [1.82, 2.24) is 0 Å². The second-order valence-electron chi connectivity index (χ2n) is 7.63. The summed E-state index contributed by atoms with van der Waals surface area (Å²) in [6.07, 6.45) is -7.21. The minimum Gasteiger partial charge on any atom is -0.387 e. The van der Waals surface area contributed by atoms with Gasteiger partial charge in [-0.05, 0) is 16.7 Å². The van der Waals surface area contributed by atoms with Crippen LogP contribution in [-0.2, 0) is 15.1 Å². The molecular weight excluding hydrogens is 396 g/mol. The zero-order valence-corrected chi connectivity index (χ0v) is 16.9. The van der Waals surface area contributed by atoms with Crippen LogP contribution in [0.25, 0.3) is 0 Å². The molecule has 3 unspecified atom stereocenters. The molecule has 1 aliphatic rings. The van der Waals surface area contributed by atoms with E-state index in [2.05, 4.69) is 0 Å². The van der Waals surface area contributed by atoms with Crippen molar-refractivity contribution in [1.29, 1.82) is 0 Å². The zero-order chi connectivity index (χ0) is 21.8. The van der Waals surface area contributed by atoms with Crippen LogP contribution in [0.5, 0.6) is 0 Å². The number of benzene rings is 3. The third-order valence-electron chi connectivity index (χ3n) is 5.69. The minimum atomic E-state index is -1.62. The van der Waals surface area contributed by atoms with Gasteiger partial charge in [0, 0.05) is 0 Å². The van der Waals surface area contributed by atoms with Gasteiger partial charge in [-0.2, -0.15) is 0 Å². The quantitative estimate of drug-likeness (QED) is 0.452. The van der Waals surface area contributed by atoms with Crippen LogP contribution < -0.4 is 0 Å². The Morgan fingerprint density at radius 1 is 0.613 bits per heavy atom. The third-order valence-corrected chi connectivity index (χ3v) is 5.69. The highest BCUT2D eigenvalue weighted by Gasteiger charge is 2.45. The fraction of sp³-hybridized carbons (Fsp3) is 0.280. The lowest BCUT2D eigenvalue weighted by Gasteiger charge is -2.41. The van der Waals surface area contributed by atoms with E-state index in [-0.39, 0.29) is 6.61 Å². The molecular formula is C25H26O6. The van der Waals surface area contributed by atoms with E-state index >= 15 is 0 Å². The number of hydrogen-bond donors (Lipinski definition) is 4. The zero-order valence-electron chi connectivity index (χ0n) is 16.9. The van der Waals surface area contributed by atoms with Crippen LogP contribution in [0.1, 0.15) is 16.7 Å². The lowest BCUT2D eigenvalue weighted by atomic mass is 9.80. The fourth-order valence-electron chi connectivity index (χ4n) is 4.04. The van der Waals surface area contributed by atoms with Crippen LogP contribution in [0.4, 0.5) is 0 Å². The van der Waals surface area contributed by atoms with Crippen molar-refractivity contribution < 1.29 is 29.9 Å². The van der Waals surface area contributed by atoms with Gasteiger partial charge in [-0.1, -0.05) is 91.0 Å². The molecule has 0 bridgehead atoms. The molecule has 0 aromatic heterocycles. The molecule has 3 aromatic carbocycles. The number of aliphatic hydroxyl groups excluding tert-OH is 4. The van der Waals surface area contributed by atoms with E-state index in [4.69, 9.17) is 9.47 Å². The molecule has 1 fully saturated rings. The number of aliphatic hydroxyl groups is 4. The Labute approximate surface area is 180 Å². The molecule has 6 nitrogen and oxygen atoms in total. The molecule has 6 heteroatoms. The number of ether oxygens (including phenoxy) is 2. The van der Waals surface area contributed by atoms with Gasteiger partial charge in [0.05, 0.1) is 6.61 Å². The fourth-order valence-corrected chi connectivity index (χ4v) is 4.04. The minimum absolute atomic E-state index is 0.138. The summed E-state index contributed by atoms with van der Waals surface area (Å²) >= 11 is 0. The first-order valence-corrected chi connectivity index (χ1v) is 10.2. The highest BCUT2D eigenvalue weighted by molar-refractivity contribution is 5.47. The average molecular weight is 422 g/mol. The van der Waals surface area contributed by atoms with Gasteiger partial charge in [-0.15, -0.1) is 0 Å². The summed E-state index contributed by atoms with van der Waals surface area (Å²) in [5.41, 5.74) is 1.59. The van der Waals surface area contributed by atoms with Crippen molar-refractivity contribution >= 4 is 0 Å². The molecule has 5 atom stereocenters. The average Bonchev–Trinajstić information content (AvgIpc) is 2.83. The van der Waals surface area contributed by atoms with Crippen LogP contribution in [0.3, 0.4) is 0 Å². The van der Waals surface area contributed by atoms with Gasteiger partial charge in [-0.25, -0.2) is 0 Å². The summed E-state index contributed by atoms with van der Waals surface area (Å²) < 4.78 is 11.9. The maximum absolute atomic E-state index is 10.4. The first-order valence-electron chi connectivity index (χ1n) is 10.2. The van der Waals surface area contributed by atoms with Crippen molar-refractivity contribution in [3.63, 3.8) is 0 Å². The molecule has 4 rings (SSSR count). The Bertz CT molecular complexity index is 853. The normalized spacial score (nSPS) is 26.5. The molecule has 0 aliphatic carbocycles. The standard InChI is InChI=1S/C25H26O6/c26-21-20(31-24(29)23(28)22(21)27)16-30-25(17-10-4-1-5-11-17,18-12-6-2-7-13-18)19-14-8-3-9-15-19/h1-15,20-24,26-29H,16H2/t20?,21-,22?,23?,24+/m1/s1. The van der Waals surface area contributed by atoms with Crippen LogP contribution in [0.15, 0.2) is 91.0 Å². The van der Waals surface area contributed by atoms with Gasteiger partial charge in [0.15, 0.2) is 6.29 Å². The second-order valence-corrected chi connectivity index (χ2v) is 7.63. The summed E-state index contributed by atoms with van der Waals surface area (Å²) in [4.78, 5) is 0. The van der Waals surface area contributed by atoms with Crippen molar-refractivity contribution in [2.75, 3.05) is 6.61 Å². The maximum atomic E-state index is 10.4. The van der Waals surface area contributed by atoms with Gasteiger partial charge in [-0.3, -0.25) is 0 Å². The molecule has 3 aromatic rings. The van der Waals surface area contributed by atoms with Crippen LogP contribution >= 0.6 is 0 Å². The summed E-state index contributed by atoms with van der Waals surface area (Å²) in [6.45, 7) is -0.138. The van der Waals surface area contributed by atoms with Gasteiger partial charge >= 0.3 is 0 Å². The molecule has 0 saturated carbocycles. The molecule has 162 valence electrons. The van der Waals surface area contributed by atoms with Crippen molar-refractivity contribution in [3.05, 3.63) is 108 Å². The van der Waals surface area contributed by atoms with Gasteiger partial charge < -0.3 is 29.9 Å². The SMILES string of the molecule is OC1C(O)[C@@H](O)OC(COC(c2ccccc2)(c2ccccc2)c2ccccc2)[C@H]1O. The van der Waals surface area contributed by atoms with E-state index in [1.807, 2.05) is 91.0 Å².